The Bertz CT molecular complexity index is 716. The minimum Gasteiger partial charge on any atom is -0.467 e. The van der Waals surface area contributed by atoms with Gasteiger partial charge in [0.1, 0.15) is 12.0 Å². The number of carbonyl (C=O) groups excluding carboxylic acids is 1. The summed E-state index contributed by atoms with van der Waals surface area (Å²) in [6, 6.07) is 6.04. The van der Waals surface area contributed by atoms with Crippen LogP contribution in [0.3, 0.4) is 0 Å². The second-order valence-electron chi connectivity index (χ2n) is 5.40. The predicted octanol–water partition coefficient (Wildman–Crippen LogP) is 4.40. The Labute approximate surface area is 150 Å². The van der Waals surface area contributed by atoms with Crippen LogP contribution in [0.15, 0.2) is 41.0 Å². The monoisotopic (exact) mass is 376 g/mol. The molecule has 2 rings (SSSR count). The summed E-state index contributed by atoms with van der Waals surface area (Å²) in [5.74, 6) is 0.159. The molecule has 1 heterocycles. The van der Waals surface area contributed by atoms with Gasteiger partial charge in [0, 0.05) is 6.54 Å². The number of benzene rings is 1. The molecule has 0 saturated heterocycles. The van der Waals surface area contributed by atoms with Gasteiger partial charge in [0.2, 0.25) is 0 Å². The molecular weight excluding hydrogens is 357 g/mol. The Morgan fingerprint density at radius 1 is 1.32 bits per heavy atom. The molecule has 2 aromatic rings. The fraction of sp³-hybridized carbons (Fsp3) is 0.353. The third kappa shape index (κ3) is 4.76. The summed E-state index contributed by atoms with van der Waals surface area (Å²) in [5, 5.41) is 0. The lowest BCUT2D eigenvalue weighted by molar-refractivity contribution is -0.137. The zero-order valence-electron chi connectivity index (χ0n) is 13.8. The van der Waals surface area contributed by atoms with Crippen LogP contribution >= 0.6 is 12.4 Å². The van der Waals surface area contributed by atoms with Gasteiger partial charge in [-0.2, -0.15) is 13.2 Å². The van der Waals surface area contributed by atoms with E-state index in [1.54, 1.807) is 26.0 Å². The molecule has 0 bridgehead atoms. The number of hydrogen-bond donors (Lipinski definition) is 1. The Morgan fingerprint density at radius 2 is 2.00 bits per heavy atom. The number of nitrogens with zero attached hydrogens (tertiary/aromatic N) is 1. The molecule has 1 aromatic carbocycles. The molecule has 0 aliphatic carbocycles. The van der Waals surface area contributed by atoms with Crippen molar-refractivity contribution in [3.05, 3.63) is 59.0 Å². The maximum atomic E-state index is 12.9. The van der Waals surface area contributed by atoms with Gasteiger partial charge >= 0.3 is 6.18 Å². The molecule has 0 aliphatic heterocycles. The normalized spacial score (nSPS) is 12.4. The van der Waals surface area contributed by atoms with Gasteiger partial charge in [0.15, 0.2) is 0 Å². The van der Waals surface area contributed by atoms with Crippen molar-refractivity contribution < 1.29 is 22.4 Å². The fourth-order valence-corrected chi connectivity index (χ4v) is 2.51. The molecule has 0 saturated carbocycles. The van der Waals surface area contributed by atoms with Crippen molar-refractivity contribution in [1.29, 1.82) is 0 Å². The fourth-order valence-electron chi connectivity index (χ4n) is 2.51. The van der Waals surface area contributed by atoms with E-state index in [1.807, 2.05) is 0 Å². The molecule has 138 valence electrons. The average molecular weight is 377 g/mol. The van der Waals surface area contributed by atoms with E-state index in [2.05, 4.69) is 0 Å². The summed E-state index contributed by atoms with van der Waals surface area (Å²) in [5.41, 5.74) is 5.47. The highest BCUT2D eigenvalue weighted by molar-refractivity contribution is 5.94. The van der Waals surface area contributed by atoms with E-state index < -0.39 is 17.8 Å². The first-order valence-corrected chi connectivity index (χ1v) is 7.53. The molecule has 0 radical (unpaired) electrons. The summed E-state index contributed by atoms with van der Waals surface area (Å²) in [4.78, 5) is 14.1. The molecule has 0 spiro atoms. The summed E-state index contributed by atoms with van der Waals surface area (Å²) in [6.45, 7) is 3.98. The largest absolute Gasteiger partial charge is 0.467 e. The van der Waals surface area contributed by atoms with Crippen molar-refractivity contribution >= 4 is 18.3 Å². The highest BCUT2D eigenvalue weighted by atomic mass is 35.5. The summed E-state index contributed by atoms with van der Waals surface area (Å²) in [6.07, 6.45) is -3.11. The smallest absolute Gasteiger partial charge is 0.416 e. The standard InChI is InChI=1S/C17H19F3N2O2.ClH/c1-3-22(16(23)13-8-15(9-21)24-10-13)11(2)12-5-4-6-14(7-12)17(18,19)20;/h4-8,10-11H,3,9,21H2,1-2H3;1H. The predicted molar refractivity (Wildman–Crippen MR) is 90.4 cm³/mol. The topological polar surface area (TPSA) is 59.5 Å². The minimum absolute atomic E-state index is 0. The van der Waals surface area contributed by atoms with Crippen LogP contribution in [0, 0.1) is 0 Å². The molecule has 0 aliphatic rings. The highest BCUT2D eigenvalue weighted by Crippen LogP contribution is 2.32. The van der Waals surface area contributed by atoms with Crippen molar-refractivity contribution in [2.75, 3.05) is 6.54 Å². The van der Waals surface area contributed by atoms with Crippen molar-refractivity contribution in [2.24, 2.45) is 5.73 Å². The van der Waals surface area contributed by atoms with E-state index in [4.69, 9.17) is 10.2 Å². The Morgan fingerprint density at radius 3 is 2.52 bits per heavy atom. The number of alkyl halides is 3. The van der Waals surface area contributed by atoms with E-state index in [1.165, 1.54) is 17.2 Å². The van der Waals surface area contributed by atoms with E-state index in [-0.39, 0.29) is 24.9 Å². The van der Waals surface area contributed by atoms with Gasteiger partial charge in [-0.25, -0.2) is 0 Å². The Kier molecular flexibility index (Phi) is 7.07. The van der Waals surface area contributed by atoms with Crippen LogP contribution in [-0.2, 0) is 12.7 Å². The molecule has 1 aromatic heterocycles. The molecule has 2 N–H and O–H groups in total. The van der Waals surface area contributed by atoms with Crippen LogP contribution < -0.4 is 5.73 Å². The van der Waals surface area contributed by atoms with Gasteiger partial charge in [0.25, 0.3) is 5.91 Å². The molecule has 0 fully saturated rings. The van der Waals surface area contributed by atoms with Crippen molar-refractivity contribution in [1.82, 2.24) is 4.90 Å². The van der Waals surface area contributed by atoms with Gasteiger partial charge < -0.3 is 15.1 Å². The van der Waals surface area contributed by atoms with Crippen LogP contribution in [0.4, 0.5) is 13.2 Å². The lowest BCUT2D eigenvalue weighted by Gasteiger charge is -2.28. The zero-order chi connectivity index (χ0) is 17.9. The number of rotatable bonds is 5. The molecular formula is C17H20ClF3N2O2. The maximum absolute atomic E-state index is 12.9. The molecule has 25 heavy (non-hydrogen) atoms. The maximum Gasteiger partial charge on any atom is 0.416 e. The molecule has 4 nitrogen and oxygen atoms in total. The van der Waals surface area contributed by atoms with Gasteiger partial charge in [-0.05, 0) is 37.6 Å². The first-order valence-electron chi connectivity index (χ1n) is 7.53. The number of hydrogen-bond acceptors (Lipinski definition) is 3. The number of nitrogens with two attached hydrogens (primary N) is 1. The molecule has 1 atom stereocenters. The number of halogens is 4. The molecule has 1 unspecified atom stereocenters. The zero-order valence-corrected chi connectivity index (χ0v) is 14.7. The van der Waals surface area contributed by atoms with E-state index in [9.17, 15) is 18.0 Å². The third-order valence-electron chi connectivity index (χ3n) is 3.87. The number of furan rings is 1. The first-order chi connectivity index (χ1) is 11.3. The summed E-state index contributed by atoms with van der Waals surface area (Å²) < 4.78 is 43.8. The lowest BCUT2D eigenvalue weighted by atomic mass is 10.0. The third-order valence-corrected chi connectivity index (χ3v) is 3.87. The first kappa shape index (κ1) is 21.1. The average Bonchev–Trinajstić information content (AvgIpc) is 3.03. The SMILES string of the molecule is CCN(C(=O)c1coc(CN)c1)C(C)c1cccc(C(F)(F)F)c1.Cl. The Balaban J connectivity index is 0.00000312. The summed E-state index contributed by atoms with van der Waals surface area (Å²) >= 11 is 0. The van der Waals surface area contributed by atoms with Crippen molar-refractivity contribution in [3.63, 3.8) is 0 Å². The van der Waals surface area contributed by atoms with Crippen molar-refractivity contribution in [3.8, 4) is 0 Å². The van der Waals surface area contributed by atoms with Gasteiger partial charge in [0.05, 0.1) is 23.7 Å². The molecule has 8 heteroatoms. The second kappa shape index (κ2) is 8.40. The van der Waals surface area contributed by atoms with Gasteiger partial charge in [-0.3, -0.25) is 4.79 Å². The summed E-state index contributed by atoms with van der Waals surface area (Å²) in [7, 11) is 0. The van der Waals surface area contributed by atoms with Gasteiger partial charge in [-0.15, -0.1) is 12.4 Å². The van der Waals surface area contributed by atoms with Crippen LogP contribution in [-0.4, -0.2) is 17.4 Å². The number of amides is 1. The van der Waals surface area contributed by atoms with E-state index in [0.29, 0.717) is 23.4 Å². The van der Waals surface area contributed by atoms with E-state index >= 15 is 0 Å². The van der Waals surface area contributed by atoms with E-state index in [0.717, 1.165) is 12.1 Å². The number of carbonyl (C=O) groups is 1. The highest BCUT2D eigenvalue weighted by Gasteiger charge is 2.31. The minimum atomic E-state index is -4.42. The van der Waals surface area contributed by atoms with Gasteiger partial charge in [-0.1, -0.05) is 12.1 Å². The van der Waals surface area contributed by atoms with Crippen LogP contribution in [0.25, 0.3) is 0 Å². The van der Waals surface area contributed by atoms with Crippen LogP contribution in [0.5, 0.6) is 0 Å². The Hall–Kier alpha value is -1.99. The quantitative estimate of drug-likeness (QED) is 0.841. The van der Waals surface area contributed by atoms with Crippen LogP contribution in [0.2, 0.25) is 0 Å². The second-order valence-corrected chi connectivity index (χ2v) is 5.40. The van der Waals surface area contributed by atoms with Crippen LogP contribution in [0.1, 0.15) is 47.1 Å². The molecule has 1 amide bonds. The lowest BCUT2D eigenvalue weighted by Crippen LogP contribution is -2.33. The van der Waals surface area contributed by atoms with Crippen molar-refractivity contribution in [2.45, 2.75) is 32.6 Å².